The predicted octanol–water partition coefficient (Wildman–Crippen LogP) is 6.94. The third kappa shape index (κ3) is 9.63. The van der Waals surface area contributed by atoms with Gasteiger partial charge in [0, 0.05) is 45.2 Å². The lowest BCUT2D eigenvalue weighted by Gasteiger charge is -2.50. The standard InChI is InChI=1S/C21H26BrN3O2.C20H26N2O2.CBrN.2CO2.2CH4/c1-13-15-11-19(25(23-2)12-14(15)7-8-18(13)26)21(9-10-22)16-5-3-4-6-17(16)24-20(21)27;1-12-14-10-18-20(15-4-2-3-5-16(15)21-19(20)24)8-9-22(18)11-13(14)6-7-17(12)23;3*2-1-3;;/h3-6,13-15,18-19,26H,7-12H2,1H3,(H,24,27);2-5,12-14,17-18,23H,6-11H2,1H3,(H,21,24);;;;2*1H4/t13-,14+,15-,18+,19+,21+;12-,13+,14-,17+,18+,20+;;;;;/m11...../s1. The first kappa shape index (κ1) is 52.1. The number of piperidine rings is 2. The van der Waals surface area contributed by atoms with Gasteiger partial charge in [-0.2, -0.15) is 36.0 Å². The molecular formula is C46H60Br2N6O8. The van der Waals surface area contributed by atoms with Crippen LogP contribution in [0.5, 0.6) is 0 Å². The van der Waals surface area contributed by atoms with E-state index < -0.39 is 5.41 Å². The fourth-order valence-electron chi connectivity index (χ4n) is 12.0. The molecule has 16 heteroatoms. The zero-order valence-electron chi connectivity index (χ0n) is 33.8. The van der Waals surface area contributed by atoms with Crippen molar-refractivity contribution in [3.63, 3.8) is 0 Å². The Morgan fingerprint density at radius 3 is 1.81 bits per heavy atom. The molecule has 2 saturated carbocycles. The van der Waals surface area contributed by atoms with Gasteiger partial charge in [-0.05, 0) is 117 Å². The Morgan fingerprint density at radius 1 is 0.806 bits per heavy atom. The number of nitrogens with one attached hydrogen (secondary N) is 2. The predicted molar refractivity (Wildman–Crippen MR) is 239 cm³/mol. The third-order valence-corrected chi connectivity index (χ3v) is 15.2. The van der Waals surface area contributed by atoms with Crippen LogP contribution in [0.3, 0.4) is 0 Å². The molecule has 7 aliphatic rings. The summed E-state index contributed by atoms with van der Waals surface area (Å²) in [6.45, 7) is 15.0. The van der Waals surface area contributed by atoms with Gasteiger partial charge in [-0.1, -0.05) is 81.0 Å². The molecule has 0 radical (unpaired) electrons. The SMILES string of the molecule is C.C.C[C@@H]1[C@H]2C[C@@H]3N(CC[C@@]34C(=O)Nc3ccccc34)C[C@@H]2CC[C@@H]1O.N#CBr.O=C=O.O=C=O.[C-]#[N+]N1C[C@@H]2CC[C@H](O)[C@H](C)[C@H]2C[C@H]1[C@@]1(CCBr)C(=O)Nc2ccccc21. The lowest BCUT2D eigenvalue weighted by molar-refractivity contribution is -0.193. The Morgan fingerprint density at radius 2 is 1.27 bits per heavy atom. The maximum atomic E-state index is 13.3. The summed E-state index contributed by atoms with van der Waals surface area (Å²) in [5.41, 5.74) is 2.98. The minimum atomic E-state index is -0.724. The van der Waals surface area contributed by atoms with Gasteiger partial charge in [0.25, 0.3) is 0 Å². The summed E-state index contributed by atoms with van der Waals surface area (Å²) in [6.07, 6.45) is 7.31. The van der Waals surface area contributed by atoms with Crippen LogP contribution in [-0.4, -0.2) is 93.5 Å². The first-order valence-electron chi connectivity index (χ1n) is 20.5. The highest BCUT2D eigenvalue weighted by molar-refractivity contribution is 9.12. The van der Waals surface area contributed by atoms with E-state index in [1.54, 1.807) is 4.98 Å². The van der Waals surface area contributed by atoms with Gasteiger partial charge >= 0.3 is 12.3 Å². The lowest BCUT2D eigenvalue weighted by atomic mass is 9.61. The molecule has 2 aromatic carbocycles. The molecule has 62 heavy (non-hydrogen) atoms. The molecule has 14 nitrogen and oxygen atoms in total. The number of anilines is 2. The van der Waals surface area contributed by atoms with Crippen molar-refractivity contribution in [2.24, 2.45) is 35.5 Å². The highest BCUT2D eigenvalue weighted by atomic mass is 79.9. The fraction of sp³-hybridized carbons (Fsp3) is 0.609. The Balaban J connectivity index is 0.000000271. The molecule has 12 atom stereocenters. The minimum absolute atomic E-state index is 0. The van der Waals surface area contributed by atoms with Crippen LogP contribution in [0.25, 0.3) is 4.95 Å². The van der Waals surface area contributed by atoms with E-state index in [0.717, 1.165) is 75.0 Å². The van der Waals surface area contributed by atoms with Crippen molar-refractivity contribution in [3.8, 4) is 4.98 Å². The van der Waals surface area contributed by atoms with Crippen molar-refractivity contribution in [3.05, 3.63) is 71.2 Å². The maximum Gasteiger partial charge on any atom is 0.373 e. The molecular weight excluding hydrogens is 924 g/mol. The van der Waals surface area contributed by atoms with Crippen molar-refractivity contribution in [1.29, 1.82) is 5.26 Å². The summed E-state index contributed by atoms with van der Waals surface area (Å²) >= 11 is 6.01. The van der Waals surface area contributed by atoms with Gasteiger partial charge in [-0.3, -0.25) is 14.5 Å². The van der Waals surface area contributed by atoms with E-state index in [2.05, 4.69) is 78.3 Å². The lowest BCUT2D eigenvalue weighted by Crippen LogP contribution is -2.59. The molecule has 0 unspecified atom stereocenters. The molecule has 336 valence electrons. The molecule has 0 aromatic heterocycles. The number of hydrogen-bond acceptors (Lipinski definition) is 11. The van der Waals surface area contributed by atoms with E-state index in [1.165, 1.54) is 5.56 Å². The minimum Gasteiger partial charge on any atom is -0.393 e. The summed E-state index contributed by atoms with van der Waals surface area (Å²) < 4.78 is 0. The normalized spacial score (nSPS) is 34.0. The number of para-hydroxylation sites is 2. The first-order chi connectivity index (χ1) is 28.9. The largest absolute Gasteiger partial charge is 0.393 e. The highest BCUT2D eigenvalue weighted by Crippen LogP contribution is 2.55. The fourth-order valence-corrected chi connectivity index (χ4v) is 12.6. The molecule has 2 aromatic rings. The van der Waals surface area contributed by atoms with Crippen LogP contribution < -0.4 is 10.6 Å². The van der Waals surface area contributed by atoms with Crippen LogP contribution in [0.2, 0.25) is 0 Å². The molecule has 1 spiro atoms. The molecule has 5 heterocycles. The number of aliphatic hydroxyl groups excluding tert-OH is 2. The number of halogens is 2. The summed E-state index contributed by atoms with van der Waals surface area (Å²) in [4.78, 5) is 66.8. The van der Waals surface area contributed by atoms with Crippen LogP contribution in [-0.2, 0) is 39.6 Å². The number of carbonyl (C=O) groups excluding carboxylic acids is 6. The van der Waals surface area contributed by atoms with Gasteiger partial charge < -0.3 is 20.8 Å². The number of nitrogens with zero attached hydrogens (tertiary/aromatic N) is 4. The second-order valence-corrected chi connectivity index (χ2v) is 18.1. The zero-order valence-corrected chi connectivity index (χ0v) is 36.9. The third-order valence-electron chi connectivity index (χ3n) is 14.8. The summed E-state index contributed by atoms with van der Waals surface area (Å²) in [5.74, 6) is 2.77. The number of hydrogen-bond donors (Lipinski definition) is 4. The Labute approximate surface area is 382 Å². The smallest absolute Gasteiger partial charge is 0.373 e. The quantitative estimate of drug-likeness (QED) is 0.183. The number of amides is 2. The van der Waals surface area contributed by atoms with Gasteiger partial charge in [0.05, 0.1) is 24.2 Å². The summed E-state index contributed by atoms with van der Waals surface area (Å²) in [7, 11) is 0. The molecule has 5 aliphatic heterocycles. The maximum absolute atomic E-state index is 13.3. The van der Waals surface area contributed by atoms with Crippen molar-refractivity contribution in [1.82, 2.24) is 9.91 Å². The Kier molecular flexibility index (Phi) is 19.3. The number of aliphatic hydroxyl groups is 2. The number of benzene rings is 2. The second-order valence-electron chi connectivity index (χ2n) is 17.0. The molecule has 9 rings (SSSR count). The Bertz CT molecular complexity index is 2000. The molecule has 4 N–H and O–H groups in total. The van der Waals surface area contributed by atoms with Crippen LogP contribution in [0.1, 0.15) is 91.2 Å². The summed E-state index contributed by atoms with van der Waals surface area (Å²) in [6, 6.07) is 16.2. The highest BCUT2D eigenvalue weighted by Gasteiger charge is 2.61. The van der Waals surface area contributed by atoms with E-state index in [-0.39, 0.29) is 74.6 Å². The number of alkyl halides is 1. The zero-order chi connectivity index (χ0) is 43.8. The van der Waals surface area contributed by atoms with Crippen molar-refractivity contribution in [2.75, 3.05) is 35.6 Å². The van der Waals surface area contributed by atoms with E-state index in [1.807, 2.05) is 41.4 Å². The van der Waals surface area contributed by atoms with Crippen LogP contribution in [0, 0.1) is 52.3 Å². The number of carbonyl (C=O) groups is 2. The Hall–Kier alpha value is -4.24. The van der Waals surface area contributed by atoms with Gasteiger partial charge in [0.1, 0.15) is 16.4 Å². The van der Waals surface area contributed by atoms with Crippen LogP contribution >= 0.6 is 31.9 Å². The number of nitriles is 1. The van der Waals surface area contributed by atoms with E-state index >= 15 is 0 Å². The van der Waals surface area contributed by atoms with Crippen molar-refractivity contribution < 1.29 is 39.0 Å². The van der Waals surface area contributed by atoms with Crippen molar-refractivity contribution in [2.45, 2.75) is 115 Å². The van der Waals surface area contributed by atoms with Crippen LogP contribution in [0.15, 0.2) is 48.5 Å². The van der Waals surface area contributed by atoms with E-state index in [9.17, 15) is 19.8 Å². The van der Waals surface area contributed by atoms with E-state index in [0.29, 0.717) is 47.9 Å². The van der Waals surface area contributed by atoms with Crippen molar-refractivity contribution >= 4 is 67.4 Å². The van der Waals surface area contributed by atoms with Crippen LogP contribution in [0.4, 0.5) is 11.4 Å². The second kappa shape index (κ2) is 22.9. The van der Waals surface area contributed by atoms with E-state index in [4.69, 9.17) is 31.0 Å². The molecule has 2 amide bonds. The monoisotopic (exact) mass is 982 g/mol. The number of fused-ring (bicyclic) bond motifs is 7. The van der Waals surface area contributed by atoms with Gasteiger partial charge in [-0.25, -0.2) is 0 Å². The molecule has 2 aliphatic carbocycles. The topological polar surface area (TPSA) is 202 Å². The summed E-state index contributed by atoms with van der Waals surface area (Å²) in [5, 5.41) is 36.7. The average Bonchev–Trinajstić information content (AvgIpc) is 3.86. The molecule has 3 saturated heterocycles. The number of rotatable bonds is 3. The van der Waals surface area contributed by atoms with Gasteiger partial charge in [0.15, 0.2) is 0 Å². The first-order valence-corrected chi connectivity index (χ1v) is 22.4. The molecule has 5 fully saturated rings. The van der Waals surface area contributed by atoms with Gasteiger partial charge in [0.2, 0.25) is 11.8 Å². The average molecular weight is 985 g/mol. The molecule has 0 bridgehead atoms. The van der Waals surface area contributed by atoms with Gasteiger partial charge in [-0.15, -0.1) is 5.01 Å².